The third-order valence-corrected chi connectivity index (χ3v) is 3.90. The van der Waals surface area contributed by atoms with Gasteiger partial charge in [-0.05, 0) is 43.5 Å². The molecule has 3 rings (SSSR count). The number of benzene rings is 1. The van der Waals surface area contributed by atoms with Crippen molar-refractivity contribution in [3.05, 3.63) is 23.8 Å². The van der Waals surface area contributed by atoms with Crippen molar-refractivity contribution in [1.29, 1.82) is 0 Å². The van der Waals surface area contributed by atoms with E-state index in [9.17, 15) is 4.79 Å². The second-order valence-electron chi connectivity index (χ2n) is 5.31. The van der Waals surface area contributed by atoms with E-state index in [2.05, 4.69) is 33.6 Å². The van der Waals surface area contributed by atoms with E-state index in [0.29, 0.717) is 6.54 Å². The van der Waals surface area contributed by atoms with E-state index >= 15 is 0 Å². The van der Waals surface area contributed by atoms with Crippen molar-refractivity contribution in [2.75, 3.05) is 23.7 Å². The Balaban J connectivity index is 1.71. The van der Waals surface area contributed by atoms with Gasteiger partial charge in [0, 0.05) is 30.5 Å². The Bertz CT molecular complexity index is 488. The highest BCUT2D eigenvalue weighted by atomic mass is 16.2. The first-order valence-corrected chi connectivity index (χ1v) is 6.90. The van der Waals surface area contributed by atoms with Crippen LogP contribution in [0.25, 0.3) is 0 Å². The van der Waals surface area contributed by atoms with Crippen LogP contribution in [-0.4, -0.2) is 25.0 Å². The first-order valence-electron chi connectivity index (χ1n) is 6.90. The molecule has 1 amide bonds. The summed E-state index contributed by atoms with van der Waals surface area (Å²) in [6.45, 7) is 3.73. The number of nitrogens with one attached hydrogen (secondary N) is 4. The second-order valence-corrected chi connectivity index (χ2v) is 5.31. The van der Waals surface area contributed by atoms with E-state index in [1.165, 1.54) is 11.3 Å². The van der Waals surface area contributed by atoms with Crippen LogP contribution in [0.3, 0.4) is 0 Å². The van der Waals surface area contributed by atoms with Crippen LogP contribution in [0.15, 0.2) is 18.2 Å². The molecule has 2 atom stereocenters. The topological polar surface area (TPSA) is 65.2 Å². The largest absolute Gasteiger partial charge is 0.385 e. The van der Waals surface area contributed by atoms with Crippen LogP contribution in [0.4, 0.5) is 11.4 Å². The number of hydrogen-bond acceptors (Lipinski definition) is 4. The van der Waals surface area contributed by atoms with Crippen LogP contribution in [0.2, 0.25) is 0 Å². The van der Waals surface area contributed by atoms with Gasteiger partial charge in [-0.3, -0.25) is 15.6 Å². The van der Waals surface area contributed by atoms with Gasteiger partial charge in [0.05, 0.1) is 5.92 Å². The fraction of sp³-hybridized carbons (Fsp3) is 0.500. The molecule has 0 spiro atoms. The summed E-state index contributed by atoms with van der Waals surface area (Å²) in [4.78, 5) is 12.2. The average molecular weight is 260 g/mol. The number of aryl methyl sites for hydroxylation is 1. The van der Waals surface area contributed by atoms with Crippen molar-refractivity contribution in [1.82, 2.24) is 10.9 Å². The van der Waals surface area contributed by atoms with E-state index in [4.69, 9.17) is 0 Å². The zero-order valence-corrected chi connectivity index (χ0v) is 11.1. The molecule has 2 heterocycles. The number of anilines is 2. The van der Waals surface area contributed by atoms with Crippen LogP contribution in [0.1, 0.15) is 18.9 Å². The first kappa shape index (κ1) is 12.4. The van der Waals surface area contributed by atoms with Gasteiger partial charge in [-0.15, -0.1) is 0 Å². The lowest BCUT2D eigenvalue weighted by molar-refractivity contribution is -0.119. The Morgan fingerprint density at radius 2 is 2.32 bits per heavy atom. The van der Waals surface area contributed by atoms with Gasteiger partial charge in [-0.2, -0.15) is 0 Å². The molecule has 5 heteroatoms. The minimum atomic E-state index is -0.0193. The van der Waals surface area contributed by atoms with Crippen molar-refractivity contribution in [2.45, 2.75) is 25.8 Å². The van der Waals surface area contributed by atoms with E-state index in [0.717, 1.165) is 25.1 Å². The SMILES string of the molecule is CC1NNCC1C(=O)Nc1ccc2c(c1)CCCN2. The van der Waals surface area contributed by atoms with Gasteiger partial charge < -0.3 is 10.6 Å². The number of carbonyl (C=O) groups excluding carboxylic acids is 1. The van der Waals surface area contributed by atoms with Crippen molar-refractivity contribution >= 4 is 17.3 Å². The molecular weight excluding hydrogens is 240 g/mol. The smallest absolute Gasteiger partial charge is 0.230 e. The Morgan fingerprint density at radius 1 is 1.42 bits per heavy atom. The van der Waals surface area contributed by atoms with E-state index in [1.807, 2.05) is 13.0 Å². The zero-order valence-electron chi connectivity index (χ0n) is 11.1. The molecule has 5 nitrogen and oxygen atoms in total. The summed E-state index contributed by atoms with van der Waals surface area (Å²) in [6.07, 6.45) is 2.23. The van der Waals surface area contributed by atoms with Crippen LogP contribution in [0, 0.1) is 5.92 Å². The fourth-order valence-electron chi connectivity index (χ4n) is 2.71. The Morgan fingerprint density at radius 3 is 3.11 bits per heavy atom. The lowest BCUT2D eigenvalue weighted by Crippen LogP contribution is -2.33. The van der Waals surface area contributed by atoms with Crippen LogP contribution < -0.4 is 21.5 Å². The van der Waals surface area contributed by atoms with E-state index in [1.54, 1.807) is 0 Å². The molecule has 1 saturated heterocycles. The number of rotatable bonds is 2. The maximum atomic E-state index is 12.2. The third kappa shape index (κ3) is 2.57. The Kier molecular flexibility index (Phi) is 3.40. The summed E-state index contributed by atoms with van der Waals surface area (Å²) >= 11 is 0. The van der Waals surface area contributed by atoms with Gasteiger partial charge >= 0.3 is 0 Å². The molecule has 0 bridgehead atoms. The molecule has 1 aromatic rings. The Hall–Kier alpha value is -1.59. The number of hydrogen-bond donors (Lipinski definition) is 4. The molecule has 2 aliphatic heterocycles. The standard InChI is InChI=1S/C14H20N4O/c1-9-12(8-16-18-9)14(19)17-11-4-5-13-10(7-11)3-2-6-15-13/h4-5,7,9,12,15-16,18H,2-3,6,8H2,1H3,(H,17,19). The fourth-order valence-corrected chi connectivity index (χ4v) is 2.71. The van der Waals surface area contributed by atoms with Crippen LogP contribution in [-0.2, 0) is 11.2 Å². The molecule has 1 fully saturated rings. The third-order valence-electron chi connectivity index (χ3n) is 3.90. The molecule has 102 valence electrons. The van der Waals surface area contributed by atoms with Gasteiger partial charge in [0.25, 0.3) is 0 Å². The summed E-state index contributed by atoms with van der Waals surface area (Å²) < 4.78 is 0. The average Bonchev–Trinajstić information content (AvgIpc) is 2.85. The Labute approximate surface area is 113 Å². The van der Waals surface area contributed by atoms with Crippen molar-refractivity contribution in [3.8, 4) is 0 Å². The monoisotopic (exact) mass is 260 g/mol. The predicted octanol–water partition coefficient (Wildman–Crippen LogP) is 1.10. The molecule has 0 aliphatic carbocycles. The van der Waals surface area contributed by atoms with Gasteiger partial charge in [0.1, 0.15) is 0 Å². The van der Waals surface area contributed by atoms with Gasteiger partial charge in [0.15, 0.2) is 0 Å². The molecule has 1 aromatic carbocycles. The molecule has 2 aliphatic rings. The van der Waals surface area contributed by atoms with Crippen molar-refractivity contribution in [3.63, 3.8) is 0 Å². The molecule has 0 aromatic heterocycles. The van der Waals surface area contributed by atoms with Crippen LogP contribution in [0.5, 0.6) is 0 Å². The molecule has 0 radical (unpaired) electrons. The summed E-state index contributed by atoms with van der Waals surface area (Å²) in [6, 6.07) is 6.27. The zero-order chi connectivity index (χ0) is 13.2. The summed E-state index contributed by atoms with van der Waals surface area (Å²) in [7, 11) is 0. The minimum Gasteiger partial charge on any atom is -0.385 e. The maximum Gasteiger partial charge on any atom is 0.230 e. The lowest BCUT2D eigenvalue weighted by Gasteiger charge is -2.19. The van der Waals surface area contributed by atoms with Gasteiger partial charge in [-0.1, -0.05) is 0 Å². The normalized spacial score (nSPS) is 25.5. The van der Waals surface area contributed by atoms with E-state index < -0.39 is 0 Å². The highest BCUT2D eigenvalue weighted by Gasteiger charge is 2.29. The van der Waals surface area contributed by atoms with Crippen molar-refractivity contribution in [2.24, 2.45) is 5.92 Å². The summed E-state index contributed by atoms with van der Waals surface area (Å²) in [5.74, 6) is 0.0582. The van der Waals surface area contributed by atoms with Crippen LogP contribution >= 0.6 is 0 Å². The number of carbonyl (C=O) groups is 1. The van der Waals surface area contributed by atoms with Crippen molar-refractivity contribution < 1.29 is 4.79 Å². The number of amides is 1. The maximum absolute atomic E-state index is 12.2. The quantitative estimate of drug-likeness (QED) is 0.643. The molecular formula is C14H20N4O. The first-order chi connectivity index (χ1) is 9.24. The summed E-state index contributed by atoms with van der Waals surface area (Å²) in [5.41, 5.74) is 9.47. The number of hydrazine groups is 1. The molecule has 2 unspecified atom stereocenters. The van der Waals surface area contributed by atoms with Gasteiger partial charge in [0.2, 0.25) is 5.91 Å². The lowest BCUT2D eigenvalue weighted by atomic mass is 10.0. The molecule has 19 heavy (non-hydrogen) atoms. The second kappa shape index (κ2) is 5.19. The summed E-state index contributed by atoms with van der Waals surface area (Å²) in [5, 5.41) is 6.39. The number of fused-ring (bicyclic) bond motifs is 1. The highest BCUT2D eigenvalue weighted by Crippen LogP contribution is 2.25. The van der Waals surface area contributed by atoms with E-state index in [-0.39, 0.29) is 17.9 Å². The predicted molar refractivity (Wildman–Crippen MR) is 76.0 cm³/mol. The highest BCUT2D eigenvalue weighted by molar-refractivity contribution is 5.93. The molecule has 4 N–H and O–H groups in total. The van der Waals surface area contributed by atoms with Gasteiger partial charge in [-0.25, -0.2) is 0 Å². The minimum absolute atomic E-state index is 0.0193. The molecule has 0 saturated carbocycles.